The van der Waals surface area contributed by atoms with Gasteiger partial charge in [-0.1, -0.05) is 0 Å². The van der Waals surface area contributed by atoms with Crippen molar-refractivity contribution in [2.45, 2.75) is 25.3 Å². The number of pyridine rings is 1. The lowest BCUT2D eigenvalue weighted by atomic mass is 10.2. The molecule has 1 heterocycles. The predicted molar refractivity (Wildman–Crippen MR) is 68.8 cm³/mol. The first-order chi connectivity index (χ1) is 8.81. The number of methoxy groups -OCH3 is 1. The van der Waals surface area contributed by atoms with E-state index in [2.05, 4.69) is 15.6 Å². The highest BCUT2D eigenvalue weighted by atomic mass is 16.5. The van der Waals surface area contributed by atoms with E-state index in [-0.39, 0.29) is 5.91 Å². The summed E-state index contributed by atoms with van der Waals surface area (Å²) in [7, 11) is 1.54. The molecule has 1 aliphatic carbocycles. The average Bonchev–Trinajstić information content (AvgIpc) is 3.22. The van der Waals surface area contributed by atoms with Crippen LogP contribution in [-0.4, -0.2) is 37.1 Å². The number of amides is 1. The van der Waals surface area contributed by atoms with Gasteiger partial charge < -0.3 is 15.4 Å². The van der Waals surface area contributed by atoms with E-state index in [1.807, 2.05) is 0 Å². The molecule has 0 radical (unpaired) electrons. The summed E-state index contributed by atoms with van der Waals surface area (Å²) in [5.74, 6) is 0.395. The van der Waals surface area contributed by atoms with E-state index >= 15 is 0 Å². The molecule has 1 fully saturated rings. The Hall–Kier alpha value is -1.62. The number of ether oxygens (including phenoxy) is 1. The van der Waals surface area contributed by atoms with Crippen molar-refractivity contribution in [3.05, 3.63) is 24.0 Å². The van der Waals surface area contributed by atoms with Gasteiger partial charge in [-0.15, -0.1) is 0 Å². The second-order valence-electron chi connectivity index (χ2n) is 4.41. The van der Waals surface area contributed by atoms with Crippen LogP contribution in [0, 0.1) is 0 Å². The van der Waals surface area contributed by atoms with Crippen LogP contribution in [0.25, 0.3) is 0 Å². The summed E-state index contributed by atoms with van der Waals surface area (Å²) >= 11 is 0. The number of aromatic nitrogens is 1. The van der Waals surface area contributed by atoms with E-state index in [1.54, 1.807) is 18.5 Å². The summed E-state index contributed by atoms with van der Waals surface area (Å²) in [5, 5.41) is 6.29. The molecule has 0 aromatic carbocycles. The van der Waals surface area contributed by atoms with E-state index in [9.17, 15) is 4.79 Å². The third-order valence-electron chi connectivity index (χ3n) is 2.90. The van der Waals surface area contributed by atoms with E-state index < -0.39 is 0 Å². The molecule has 2 rings (SSSR count). The van der Waals surface area contributed by atoms with Crippen LogP contribution in [-0.2, 0) is 0 Å². The van der Waals surface area contributed by atoms with Crippen molar-refractivity contribution in [1.29, 1.82) is 0 Å². The Kier molecular flexibility index (Phi) is 4.52. The Morgan fingerprint density at radius 2 is 2.33 bits per heavy atom. The van der Waals surface area contributed by atoms with Gasteiger partial charge in [0.2, 0.25) is 0 Å². The molecule has 0 atom stereocenters. The lowest BCUT2D eigenvalue weighted by Crippen LogP contribution is -2.28. The normalized spacial score (nSPS) is 14.3. The Balaban J connectivity index is 1.72. The van der Waals surface area contributed by atoms with Gasteiger partial charge in [-0.05, 0) is 31.9 Å². The molecule has 1 aromatic rings. The van der Waals surface area contributed by atoms with Crippen LogP contribution in [0.2, 0.25) is 0 Å². The van der Waals surface area contributed by atoms with Gasteiger partial charge in [0.1, 0.15) is 5.75 Å². The number of nitrogens with zero attached hydrogens (tertiary/aromatic N) is 1. The molecule has 1 aromatic heterocycles. The Labute approximate surface area is 107 Å². The zero-order valence-electron chi connectivity index (χ0n) is 10.6. The minimum atomic E-state index is -0.110. The lowest BCUT2D eigenvalue weighted by molar-refractivity contribution is 0.0950. The molecule has 0 saturated heterocycles. The number of carbonyl (C=O) groups excluding carboxylic acids is 1. The minimum Gasteiger partial charge on any atom is -0.494 e. The molecule has 0 spiro atoms. The molecule has 1 aliphatic rings. The quantitative estimate of drug-likeness (QED) is 0.707. The fraction of sp³-hybridized carbons (Fsp3) is 0.538. The second-order valence-corrected chi connectivity index (χ2v) is 4.41. The molecule has 98 valence electrons. The number of hydrogen-bond acceptors (Lipinski definition) is 4. The first-order valence-corrected chi connectivity index (χ1v) is 6.31. The summed E-state index contributed by atoms with van der Waals surface area (Å²) in [6.07, 6.45) is 6.66. The zero-order valence-corrected chi connectivity index (χ0v) is 10.6. The molecule has 5 heteroatoms. The Morgan fingerprint density at radius 1 is 1.50 bits per heavy atom. The predicted octanol–water partition coefficient (Wildman–Crippen LogP) is 0.962. The first kappa shape index (κ1) is 12.8. The van der Waals surface area contributed by atoms with Crippen LogP contribution in [0.5, 0.6) is 5.75 Å². The topological polar surface area (TPSA) is 63.2 Å². The van der Waals surface area contributed by atoms with E-state index in [1.165, 1.54) is 20.0 Å². The third kappa shape index (κ3) is 3.70. The molecule has 18 heavy (non-hydrogen) atoms. The maximum absolute atomic E-state index is 11.9. The number of carbonyl (C=O) groups is 1. The highest BCUT2D eigenvalue weighted by molar-refractivity contribution is 5.96. The van der Waals surface area contributed by atoms with Gasteiger partial charge in [-0.25, -0.2) is 0 Å². The monoisotopic (exact) mass is 249 g/mol. The average molecular weight is 249 g/mol. The lowest BCUT2D eigenvalue weighted by Gasteiger charge is -2.08. The van der Waals surface area contributed by atoms with Crippen LogP contribution < -0.4 is 15.4 Å². The van der Waals surface area contributed by atoms with Gasteiger partial charge >= 0.3 is 0 Å². The van der Waals surface area contributed by atoms with E-state index in [4.69, 9.17) is 4.74 Å². The summed E-state index contributed by atoms with van der Waals surface area (Å²) in [6.45, 7) is 1.63. The van der Waals surface area contributed by atoms with Crippen LogP contribution in [0.4, 0.5) is 0 Å². The fourth-order valence-electron chi connectivity index (χ4n) is 1.71. The second kappa shape index (κ2) is 6.35. The molecule has 2 N–H and O–H groups in total. The van der Waals surface area contributed by atoms with Crippen molar-refractivity contribution >= 4 is 5.91 Å². The standard InChI is InChI=1S/C13H19N3O2/c1-18-12-9-14-8-5-11(12)13(17)16-7-2-6-15-10-3-4-10/h5,8-10,15H,2-4,6-7H2,1H3,(H,16,17). The largest absolute Gasteiger partial charge is 0.494 e. The van der Waals surface area contributed by atoms with Crippen LogP contribution in [0.15, 0.2) is 18.5 Å². The first-order valence-electron chi connectivity index (χ1n) is 6.31. The molecular formula is C13H19N3O2. The van der Waals surface area contributed by atoms with Gasteiger partial charge in [0.15, 0.2) is 0 Å². The molecule has 0 aliphatic heterocycles. The molecule has 1 saturated carbocycles. The van der Waals surface area contributed by atoms with Crippen molar-refractivity contribution in [2.75, 3.05) is 20.2 Å². The summed E-state index contributed by atoms with van der Waals surface area (Å²) < 4.78 is 5.10. The third-order valence-corrected chi connectivity index (χ3v) is 2.90. The van der Waals surface area contributed by atoms with Gasteiger partial charge in [-0.2, -0.15) is 0 Å². The number of nitrogens with one attached hydrogen (secondary N) is 2. The highest BCUT2D eigenvalue weighted by Gasteiger charge is 2.19. The zero-order chi connectivity index (χ0) is 12.8. The maximum atomic E-state index is 11.9. The van der Waals surface area contributed by atoms with Crippen LogP contribution in [0.1, 0.15) is 29.6 Å². The summed E-state index contributed by atoms with van der Waals surface area (Å²) in [4.78, 5) is 15.8. The summed E-state index contributed by atoms with van der Waals surface area (Å²) in [6, 6.07) is 2.39. The van der Waals surface area contributed by atoms with Gasteiger partial charge in [0, 0.05) is 18.8 Å². The number of hydrogen-bond donors (Lipinski definition) is 2. The summed E-state index contributed by atoms with van der Waals surface area (Å²) in [5.41, 5.74) is 0.530. The molecule has 0 unspecified atom stereocenters. The Bertz CT molecular complexity index is 405. The van der Waals surface area contributed by atoms with Crippen molar-refractivity contribution in [2.24, 2.45) is 0 Å². The van der Waals surface area contributed by atoms with Crippen LogP contribution >= 0.6 is 0 Å². The van der Waals surface area contributed by atoms with Crippen molar-refractivity contribution < 1.29 is 9.53 Å². The molecule has 1 amide bonds. The highest BCUT2D eigenvalue weighted by Crippen LogP contribution is 2.18. The van der Waals surface area contributed by atoms with E-state index in [0.29, 0.717) is 17.9 Å². The molecular weight excluding hydrogens is 230 g/mol. The van der Waals surface area contributed by atoms with Gasteiger partial charge in [-0.3, -0.25) is 9.78 Å². The minimum absolute atomic E-state index is 0.110. The van der Waals surface area contributed by atoms with Crippen molar-refractivity contribution in [1.82, 2.24) is 15.6 Å². The van der Waals surface area contributed by atoms with E-state index in [0.717, 1.165) is 19.0 Å². The van der Waals surface area contributed by atoms with Gasteiger partial charge in [0.25, 0.3) is 5.91 Å². The number of rotatable bonds is 7. The van der Waals surface area contributed by atoms with Crippen molar-refractivity contribution in [3.8, 4) is 5.75 Å². The fourth-order valence-corrected chi connectivity index (χ4v) is 1.71. The molecule has 5 nitrogen and oxygen atoms in total. The van der Waals surface area contributed by atoms with Gasteiger partial charge in [0.05, 0.1) is 18.9 Å². The van der Waals surface area contributed by atoms with Crippen LogP contribution in [0.3, 0.4) is 0 Å². The maximum Gasteiger partial charge on any atom is 0.255 e. The smallest absolute Gasteiger partial charge is 0.255 e. The molecule has 0 bridgehead atoms. The van der Waals surface area contributed by atoms with Crippen molar-refractivity contribution in [3.63, 3.8) is 0 Å². The SMILES string of the molecule is COc1cnccc1C(=O)NCCCNC1CC1. The Morgan fingerprint density at radius 3 is 3.06 bits per heavy atom.